The predicted octanol–water partition coefficient (Wildman–Crippen LogP) is 0.274. The van der Waals surface area contributed by atoms with Crippen LogP contribution < -0.4 is 5.32 Å². The first-order valence-corrected chi connectivity index (χ1v) is 6.19. The molecule has 17 heavy (non-hydrogen) atoms. The Morgan fingerprint density at radius 2 is 2.00 bits per heavy atom. The quantitative estimate of drug-likeness (QED) is 0.679. The number of hydrogen-bond donors (Lipinski definition) is 2. The topological polar surface area (TPSA) is 69.6 Å². The summed E-state index contributed by atoms with van der Waals surface area (Å²) in [6.07, 6.45) is 2.19. The molecule has 1 atom stereocenters. The summed E-state index contributed by atoms with van der Waals surface area (Å²) < 4.78 is 0. The van der Waals surface area contributed by atoms with E-state index in [1.807, 2.05) is 13.8 Å². The summed E-state index contributed by atoms with van der Waals surface area (Å²) in [5.74, 6) is -0.329. The Bertz CT molecular complexity index is 300. The summed E-state index contributed by atoms with van der Waals surface area (Å²) in [5.41, 5.74) is -0.764. The molecule has 0 bridgehead atoms. The molecule has 5 heteroatoms. The molecule has 0 spiro atoms. The monoisotopic (exact) mass is 242 g/mol. The molecular weight excluding hydrogens is 220 g/mol. The first-order chi connectivity index (χ1) is 7.93. The zero-order valence-electron chi connectivity index (χ0n) is 10.8. The SMILES string of the molecule is CCC(O)(CC)CNC1CCC(=O)N(C)C1=O. The fourth-order valence-corrected chi connectivity index (χ4v) is 1.92. The van der Waals surface area contributed by atoms with Crippen LogP contribution in [0, 0.1) is 0 Å². The maximum atomic E-state index is 11.8. The lowest BCUT2D eigenvalue weighted by Crippen LogP contribution is -2.54. The minimum absolute atomic E-state index is 0.130. The van der Waals surface area contributed by atoms with Gasteiger partial charge in [-0.3, -0.25) is 14.5 Å². The predicted molar refractivity (Wildman–Crippen MR) is 64.3 cm³/mol. The van der Waals surface area contributed by atoms with E-state index in [-0.39, 0.29) is 17.9 Å². The number of likely N-dealkylation sites (N-methyl/N-ethyl adjacent to an activating group) is 1. The van der Waals surface area contributed by atoms with Crippen LogP contribution in [-0.2, 0) is 9.59 Å². The van der Waals surface area contributed by atoms with Crippen molar-refractivity contribution < 1.29 is 14.7 Å². The van der Waals surface area contributed by atoms with Gasteiger partial charge in [0.2, 0.25) is 11.8 Å². The van der Waals surface area contributed by atoms with Crippen molar-refractivity contribution in [3.8, 4) is 0 Å². The van der Waals surface area contributed by atoms with Gasteiger partial charge in [-0.05, 0) is 19.3 Å². The molecule has 0 saturated carbocycles. The molecule has 0 aliphatic carbocycles. The number of amides is 2. The minimum atomic E-state index is -0.764. The number of likely N-dealkylation sites (tertiary alicyclic amines) is 1. The molecule has 2 amide bonds. The van der Waals surface area contributed by atoms with Gasteiger partial charge in [-0.25, -0.2) is 0 Å². The van der Waals surface area contributed by atoms with Crippen LogP contribution in [0.5, 0.6) is 0 Å². The van der Waals surface area contributed by atoms with E-state index < -0.39 is 5.60 Å². The normalized spacial score (nSPS) is 22.1. The van der Waals surface area contributed by atoms with Crippen molar-refractivity contribution in [1.82, 2.24) is 10.2 Å². The summed E-state index contributed by atoms with van der Waals surface area (Å²) in [7, 11) is 1.50. The molecule has 1 aliphatic heterocycles. The molecule has 1 heterocycles. The smallest absolute Gasteiger partial charge is 0.246 e. The third-order valence-electron chi connectivity index (χ3n) is 3.64. The molecule has 0 aromatic rings. The van der Waals surface area contributed by atoms with E-state index in [4.69, 9.17) is 0 Å². The fraction of sp³-hybridized carbons (Fsp3) is 0.833. The van der Waals surface area contributed by atoms with Gasteiger partial charge in [0, 0.05) is 20.0 Å². The van der Waals surface area contributed by atoms with Gasteiger partial charge in [0.1, 0.15) is 0 Å². The van der Waals surface area contributed by atoms with E-state index in [0.717, 1.165) is 4.90 Å². The van der Waals surface area contributed by atoms with Crippen LogP contribution in [0.2, 0.25) is 0 Å². The summed E-state index contributed by atoms with van der Waals surface area (Å²) in [6.45, 7) is 4.23. The van der Waals surface area contributed by atoms with Crippen molar-refractivity contribution in [2.24, 2.45) is 0 Å². The number of nitrogens with one attached hydrogen (secondary N) is 1. The largest absolute Gasteiger partial charge is 0.389 e. The molecular formula is C12H22N2O3. The first-order valence-electron chi connectivity index (χ1n) is 6.19. The zero-order valence-corrected chi connectivity index (χ0v) is 10.8. The van der Waals surface area contributed by atoms with Gasteiger partial charge in [0.25, 0.3) is 0 Å². The molecule has 1 aliphatic rings. The number of piperidine rings is 1. The second-order valence-corrected chi connectivity index (χ2v) is 4.69. The van der Waals surface area contributed by atoms with E-state index in [2.05, 4.69) is 5.32 Å². The highest BCUT2D eigenvalue weighted by molar-refractivity contribution is 6.00. The van der Waals surface area contributed by atoms with Gasteiger partial charge < -0.3 is 10.4 Å². The fourth-order valence-electron chi connectivity index (χ4n) is 1.92. The van der Waals surface area contributed by atoms with Crippen LogP contribution in [0.1, 0.15) is 39.5 Å². The van der Waals surface area contributed by atoms with Crippen LogP contribution in [0.3, 0.4) is 0 Å². The Balaban J connectivity index is 2.53. The Hall–Kier alpha value is -0.940. The molecule has 5 nitrogen and oxygen atoms in total. The summed E-state index contributed by atoms with van der Waals surface area (Å²) >= 11 is 0. The van der Waals surface area contributed by atoms with Crippen molar-refractivity contribution in [3.05, 3.63) is 0 Å². The van der Waals surface area contributed by atoms with E-state index >= 15 is 0 Å². The van der Waals surface area contributed by atoms with E-state index in [1.54, 1.807) is 0 Å². The van der Waals surface area contributed by atoms with Crippen molar-refractivity contribution >= 4 is 11.8 Å². The van der Waals surface area contributed by atoms with Crippen LogP contribution in [0.25, 0.3) is 0 Å². The van der Waals surface area contributed by atoms with E-state index in [0.29, 0.717) is 32.2 Å². The van der Waals surface area contributed by atoms with Crippen LogP contribution in [0.4, 0.5) is 0 Å². The van der Waals surface area contributed by atoms with Gasteiger partial charge in [-0.1, -0.05) is 13.8 Å². The van der Waals surface area contributed by atoms with Crippen molar-refractivity contribution in [2.75, 3.05) is 13.6 Å². The van der Waals surface area contributed by atoms with Crippen LogP contribution >= 0.6 is 0 Å². The van der Waals surface area contributed by atoms with Gasteiger partial charge in [-0.2, -0.15) is 0 Å². The lowest BCUT2D eigenvalue weighted by molar-refractivity contribution is -0.148. The summed E-state index contributed by atoms with van der Waals surface area (Å²) in [6, 6.07) is -0.345. The number of rotatable bonds is 5. The summed E-state index contributed by atoms with van der Waals surface area (Å²) in [4.78, 5) is 24.2. The second-order valence-electron chi connectivity index (χ2n) is 4.69. The standard InChI is InChI=1S/C12H22N2O3/c1-4-12(17,5-2)8-13-9-6-7-10(15)14(3)11(9)16/h9,13,17H,4-8H2,1-3H3. The molecule has 1 saturated heterocycles. The number of imide groups is 1. The zero-order chi connectivity index (χ0) is 13.1. The molecule has 0 aromatic carbocycles. The lowest BCUT2D eigenvalue weighted by atomic mass is 9.96. The van der Waals surface area contributed by atoms with Gasteiger partial charge >= 0.3 is 0 Å². The summed E-state index contributed by atoms with van der Waals surface area (Å²) in [5, 5.41) is 13.2. The van der Waals surface area contributed by atoms with Crippen molar-refractivity contribution in [2.45, 2.75) is 51.2 Å². The molecule has 98 valence electrons. The maximum Gasteiger partial charge on any atom is 0.246 e. The maximum absolute atomic E-state index is 11.8. The number of hydrogen-bond acceptors (Lipinski definition) is 4. The average molecular weight is 242 g/mol. The number of nitrogens with zero attached hydrogens (tertiary/aromatic N) is 1. The van der Waals surface area contributed by atoms with E-state index in [9.17, 15) is 14.7 Å². The molecule has 1 unspecified atom stereocenters. The third kappa shape index (κ3) is 3.26. The van der Waals surface area contributed by atoms with Crippen LogP contribution in [0.15, 0.2) is 0 Å². The Labute approximate surface area is 102 Å². The third-order valence-corrected chi connectivity index (χ3v) is 3.64. The van der Waals surface area contributed by atoms with Crippen LogP contribution in [-0.4, -0.2) is 47.1 Å². The Morgan fingerprint density at radius 1 is 1.41 bits per heavy atom. The molecule has 0 radical (unpaired) electrons. The highest BCUT2D eigenvalue weighted by atomic mass is 16.3. The van der Waals surface area contributed by atoms with Crippen molar-refractivity contribution in [3.63, 3.8) is 0 Å². The second kappa shape index (κ2) is 5.60. The number of carbonyl (C=O) groups is 2. The minimum Gasteiger partial charge on any atom is -0.389 e. The molecule has 0 aromatic heterocycles. The molecule has 1 rings (SSSR count). The van der Waals surface area contributed by atoms with Gasteiger partial charge in [0.15, 0.2) is 0 Å². The Kier molecular flexibility index (Phi) is 4.65. The average Bonchev–Trinajstić information content (AvgIpc) is 2.35. The highest BCUT2D eigenvalue weighted by Crippen LogP contribution is 2.16. The lowest BCUT2D eigenvalue weighted by Gasteiger charge is -2.32. The van der Waals surface area contributed by atoms with Gasteiger partial charge in [0.05, 0.1) is 11.6 Å². The highest BCUT2D eigenvalue weighted by Gasteiger charge is 2.33. The number of carbonyl (C=O) groups excluding carboxylic acids is 2. The molecule has 2 N–H and O–H groups in total. The van der Waals surface area contributed by atoms with Gasteiger partial charge in [-0.15, -0.1) is 0 Å². The number of aliphatic hydroxyl groups is 1. The van der Waals surface area contributed by atoms with E-state index in [1.165, 1.54) is 7.05 Å². The molecule has 1 fully saturated rings. The van der Waals surface area contributed by atoms with Crippen molar-refractivity contribution in [1.29, 1.82) is 0 Å². The first kappa shape index (κ1) is 14.1. The Morgan fingerprint density at radius 3 is 2.53 bits per heavy atom.